The monoisotopic (exact) mass is 287 g/mol. The van der Waals surface area contributed by atoms with Crippen LogP contribution in [0.2, 0.25) is 0 Å². The van der Waals surface area contributed by atoms with Gasteiger partial charge in [-0.1, -0.05) is 49.9 Å². The highest BCUT2D eigenvalue weighted by Crippen LogP contribution is 2.32. The van der Waals surface area contributed by atoms with E-state index in [-0.39, 0.29) is 0 Å². The highest BCUT2D eigenvalue weighted by atomic mass is 16.5. The highest BCUT2D eigenvalue weighted by Gasteiger charge is 2.20. The van der Waals surface area contributed by atoms with Crippen LogP contribution in [-0.2, 0) is 11.2 Å². The molecule has 116 valence electrons. The third-order valence-corrected chi connectivity index (χ3v) is 5.02. The van der Waals surface area contributed by atoms with E-state index in [1.54, 1.807) is 0 Å². The summed E-state index contributed by atoms with van der Waals surface area (Å²) in [6.45, 7) is 1.85. The summed E-state index contributed by atoms with van der Waals surface area (Å²) in [6, 6.07) is 9.53. The summed E-state index contributed by atoms with van der Waals surface area (Å²) in [7, 11) is 0. The minimum atomic E-state index is 0.325. The van der Waals surface area contributed by atoms with E-state index in [0.717, 1.165) is 19.2 Å². The van der Waals surface area contributed by atoms with Crippen LogP contribution in [0, 0.1) is 0 Å². The fourth-order valence-corrected chi connectivity index (χ4v) is 3.83. The number of hydrogen-bond acceptors (Lipinski definition) is 2. The zero-order chi connectivity index (χ0) is 14.3. The molecule has 2 aliphatic carbocycles. The molecule has 1 aromatic carbocycles. The normalized spacial score (nSPS) is 23.5. The first-order chi connectivity index (χ1) is 10.4. The van der Waals surface area contributed by atoms with Crippen molar-refractivity contribution in [3.63, 3.8) is 0 Å². The Hall–Kier alpha value is -0.860. The summed E-state index contributed by atoms with van der Waals surface area (Å²) >= 11 is 0. The summed E-state index contributed by atoms with van der Waals surface area (Å²) in [6.07, 6.45) is 12.3. The van der Waals surface area contributed by atoms with Crippen LogP contribution in [0.15, 0.2) is 24.3 Å². The zero-order valence-electron chi connectivity index (χ0n) is 13.2. The van der Waals surface area contributed by atoms with Gasteiger partial charge in [-0.3, -0.25) is 0 Å². The maximum atomic E-state index is 6.17. The van der Waals surface area contributed by atoms with E-state index in [1.165, 1.54) is 68.9 Å². The first-order valence-corrected chi connectivity index (χ1v) is 8.86. The number of ether oxygens (including phenoxy) is 1. The summed E-state index contributed by atoms with van der Waals surface area (Å²) in [5, 5.41) is 3.70. The second-order valence-electron chi connectivity index (χ2n) is 6.59. The van der Waals surface area contributed by atoms with Crippen molar-refractivity contribution in [2.24, 2.45) is 0 Å². The van der Waals surface area contributed by atoms with Gasteiger partial charge in [-0.25, -0.2) is 0 Å². The Bertz CT molecular complexity index is 423. The number of nitrogens with one attached hydrogen (secondary N) is 1. The summed E-state index contributed by atoms with van der Waals surface area (Å²) in [5.41, 5.74) is 2.92. The van der Waals surface area contributed by atoms with Crippen molar-refractivity contribution in [3.8, 4) is 0 Å². The lowest BCUT2D eigenvalue weighted by Gasteiger charge is -2.26. The van der Waals surface area contributed by atoms with E-state index in [4.69, 9.17) is 4.74 Å². The van der Waals surface area contributed by atoms with Gasteiger partial charge in [0.15, 0.2) is 0 Å². The van der Waals surface area contributed by atoms with Crippen molar-refractivity contribution in [2.45, 2.75) is 69.9 Å². The lowest BCUT2D eigenvalue weighted by molar-refractivity contribution is 0.0414. The molecule has 0 aliphatic heterocycles. The topological polar surface area (TPSA) is 21.3 Å². The van der Waals surface area contributed by atoms with Crippen LogP contribution in [0.1, 0.15) is 68.6 Å². The van der Waals surface area contributed by atoms with Gasteiger partial charge in [0.25, 0.3) is 0 Å². The Labute approximate surface area is 129 Å². The van der Waals surface area contributed by atoms with Gasteiger partial charge in [-0.15, -0.1) is 0 Å². The van der Waals surface area contributed by atoms with Crippen molar-refractivity contribution >= 4 is 0 Å². The fraction of sp³-hybridized carbons (Fsp3) is 0.684. The molecule has 0 amide bonds. The van der Waals surface area contributed by atoms with Crippen LogP contribution in [0.4, 0.5) is 0 Å². The van der Waals surface area contributed by atoms with E-state index < -0.39 is 0 Å². The molecule has 0 aromatic heterocycles. The van der Waals surface area contributed by atoms with Crippen LogP contribution in [0.3, 0.4) is 0 Å². The van der Waals surface area contributed by atoms with Gasteiger partial charge in [0.05, 0.1) is 12.7 Å². The van der Waals surface area contributed by atoms with Gasteiger partial charge in [0.1, 0.15) is 0 Å². The van der Waals surface area contributed by atoms with Crippen LogP contribution in [0.25, 0.3) is 0 Å². The number of hydrogen-bond donors (Lipinski definition) is 1. The predicted octanol–water partition coefficient (Wildman–Crippen LogP) is 4.39. The Morgan fingerprint density at radius 3 is 2.62 bits per heavy atom. The SMILES string of the molecule is c1ccc2c(c1)CCCC2OCCNC1CCCCCC1. The third-order valence-electron chi connectivity index (χ3n) is 5.02. The summed E-state index contributed by atoms with van der Waals surface area (Å²) < 4.78 is 6.17. The fourth-order valence-electron chi connectivity index (χ4n) is 3.83. The molecule has 0 saturated heterocycles. The Kier molecular flexibility index (Phi) is 5.70. The molecule has 21 heavy (non-hydrogen) atoms. The second kappa shape index (κ2) is 7.95. The molecular weight excluding hydrogens is 258 g/mol. The molecule has 1 N–H and O–H groups in total. The van der Waals surface area contributed by atoms with Crippen LogP contribution in [-0.4, -0.2) is 19.2 Å². The van der Waals surface area contributed by atoms with Gasteiger partial charge in [-0.05, 0) is 43.2 Å². The number of aryl methyl sites for hydroxylation is 1. The number of rotatable bonds is 5. The molecular formula is C19H29NO. The van der Waals surface area contributed by atoms with Crippen molar-refractivity contribution in [1.82, 2.24) is 5.32 Å². The predicted molar refractivity (Wildman–Crippen MR) is 87.6 cm³/mol. The molecule has 2 aliphatic rings. The first-order valence-electron chi connectivity index (χ1n) is 8.86. The standard InChI is InChI=1S/C19H29NO/c1-2-4-11-17(10-3-1)20-14-15-21-19-13-7-9-16-8-5-6-12-18(16)19/h5-6,8,12,17,19-20H,1-4,7,9-11,13-15H2. The lowest BCUT2D eigenvalue weighted by atomic mass is 9.89. The first kappa shape index (κ1) is 15.1. The average molecular weight is 287 g/mol. The average Bonchev–Trinajstić information content (AvgIpc) is 2.80. The quantitative estimate of drug-likeness (QED) is 0.640. The molecule has 2 heteroatoms. The smallest absolute Gasteiger partial charge is 0.0828 e. The molecule has 2 nitrogen and oxygen atoms in total. The van der Waals surface area contributed by atoms with E-state index >= 15 is 0 Å². The lowest BCUT2D eigenvalue weighted by Crippen LogP contribution is -2.32. The molecule has 1 saturated carbocycles. The van der Waals surface area contributed by atoms with E-state index in [9.17, 15) is 0 Å². The zero-order valence-corrected chi connectivity index (χ0v) is 13.2. The second-order valence-corrected chi connectivity index (χ2v) is 6.59. The summed E-state index contributed by atoms with van der Waals surface area (Å²) in [4.78, 5) is 0. The van der Waals surface area contributed by atoms with Crippen molar-refractivity contribution < 1.29 is 4.74 Å². The number of benzene rings is 1. The molecule has 1 fully saturated rings. The van der Waals surface area contributed by atoms with E-state index in [1.807, 2.05) is 0 Å². The Morgan fingerprint density at radius 1 is 0.952 bits per heavy atom. The van der Waals surface area contributed by atoms with Crippen LogP contribution >= 0.6 is 0 Å². The molecule has 1 atom stereocenters. The van der Waals surface area contributed by atoms with Gasteiger partial charge in [-0.2, -0.15) is 0 Å². The largest absolute Gasteiger partial charge is 0.372 e. The van der Waals surface area contributed by atoms with Crippen molar-refractivity contribution in [3.05, 3.63) is 35.4 Å². The minimum Gasteiger partial charge on any atom is -0.372 e. The van der Waals surface area contributed by atoms with Crippen molar-refractivity contribution in [2.75, 3.05) is 13.2 Å². The Morgan fingerprint density at radius 2 is 1.76 bits per heavy atom. The van der Waals surface area contributed by atoms with E-state index in [2.05, 4.69) is 29.6 Å². The van der Waals surface area contributed by atoms with Crippen LogP contribution < -0.4 is 5.32 Å². The van der Waals surface area contributed by atoms with Gasteiger partial charge < -0.3 is 10.1 Å². The summed E-state index contributed by atoms with van der Waals surface area (Å²) in [5.74, 6) is 0. The molecule has 0 heterocycles. The maximum Gasteiger partial charge on any atom is 0.0828 e. The molecule has 0 bridgehead atoms. The third kappa shape index (κ3) is 4.31. The molecule has 1 aromatic rings. The molecule has 0 radical (unpaired) electrons. The van der Waals surface area contributed by atoms with E-state index in [0.29, 0.717) is 6.10 Å². The van der Waals surface area contributed by atoms with Crippen LogP contribution in [0.5, 0.6) is 0 Å². The van der Waals surface area contributed by atoms with Gasteiger partial charge in [0.2, 0.25) is 0 Å². The maximum absolute atomic E-state index is 6.17. The van der Waals surface area contributed by atoms with Gasteiger partial charge in [0, 0.05) is 12.6 Å². The molecule has 1 unspecified atom stereocenters. The highest BCUT2D eigenvalue weighted by molar-refractivity contribution is 5.31. The molecule has 3 rings (SSSR count). The van der Waals surface area contributed by atoms with Crippen molar-refractivity contribution in [1.29, 1.82) is 0 Å². The number of fused-ring (bicyclic) bond motifs is 1. The Balaban J connectivity index is 1.41. The minimum absolute atomic E-state index is 0.325. The van der Waals surface area contributed by atoms with Gasteiger partial charge >= 0.3 is 0 Å². The molecule has 0 spiro atoms.